The van der Waals surface area contributed by atoms with Gasteiger partial charge in [-0.25, -0.2) is 4.98 Å². The zero-order chi connectivity index (χ0) is 28.1. The second-order valence-corrected chi connectivity index (χ2v) is 9.73. The molecule has 0 radical (unpaired) electrons. The molecule has 2 N–H and O–H groups in total. The predicted octanol–water partition coefficient (Wildman–Crippen LogP) is 4.67. The van der Waals surface area contributed by atoms with E-state index in [1.54, 1.807) is 22.9 Å². The van der Waals surface area contributed by atoms with Gasteiger partial charge in [0.1, 0.15) is 17.2 Å². The molecule has 0 saturated heterocycles. The van der Waals surface area contributed by atoms with Crippen molar-refractivity contribution >= 4 is 28.9 Å². The molecule has 2 unspecified atom stereocenters. The molecule has 0 spiro atoms. The molecule has 39 heavy (non-hydrogen) atoms. The number of fused-ring (bicyclic) bond motifs is 2. The second kappa shape index (κ2) is 9.83. The number of ether oxygens (including phenoxy) is 1. The lowest BCUT2D eigenvalue weighted by atomic mass is 10.0. The fraction of sp³-hybridized carbons (Fsp3) is 0.286. The normalized spacial score (nSPS) is 17.5. The van der Waals surface area contributed by atoms with Gasteiger partial charge in [-0.15, -0.1) is 0 Å². The summed E-state index contributed by atoms with van der Waals surface area (Å²) in [6, 6.07) is 11.4. The van der Waals surface area contributed by atoms with E-state index in [0.29, 0.717) is 46.4 Å². The van der Waals surface area contributed by atoms with Crippen LogP contribution >= 0.6 is 0 Å². The Hall–Kier alpha value is -4.22. The Balaban J connectivity index is 1.77. The van der Waals surface area contributed by atoms with E-state index in [1.807, 2.05) is 38.1 Å². The van der Waals surface area contributed by atoms with Crippen LogP contribution in [-0.2, 0) is 10.4 Å². The van der Waals surface area contributed by atoms with Crippen molar-refractivity contribution in [3.05, 3.63) is 65.7 Å². The van der Waals surface area contributed by atoms with Crippen LogP contribution in [-0.4, -0.2) is 57.4 Å². The average molecular weight is 536 g/mol. The quantitative estimate of drug-likeness (QED) is 0.316. The van der Waals surface area contributed by atoms with Crippen molar-refractivity contribution in [2.45, 2.75) is 38.5 Å². The molecular formula is C28H27F2N5O4. The Kier molecular flexibility index (Phi) is 6.65. The molecule has 4 aromatic rings. The number of carbonyl (C=O) groups is 2. The van der Waals surface area contributed by atoms with Gasteiger partial charge in [-0.3, -0.25) is 24.0 Å². The predicted molar refractivity (Wildman–Crippen MR) is 141 cm³/mol. The van der Waals surface area contributed by atoms with E-state index >= 15 is 0 Å². The molecule has 0 bridgehead atoms. The zero-order valence-electron chi connectivity index (χ0n) is 21.8. The van der Waals surface area contributed by atoms with Gasteiger partial charge in [-0.2, -0.15) is 8.78 Å². The maximum atomic E-state index is 13.4. The smallest absolute Gasteiger partial charge is 0.387 e. The molecule has 3 heterocycles. The van der Waals surface area contributed by atoms with Crippen LogP contribution in [0.5, 0.6) is 5.75 Å². The number of aldehydes is 1. The number of alkyl halides is 2. The molecule has 0 fully saturated rings. The molecule has 1 amide bonds. The van der Waals surface area contributed by atoms with Crippen molar-refractivity contribution in [1.82, 2.24) is 19.4 Å². The van der Waals surface area contributed by atoms with Crippen molar-refractivity contribution in [1.29, 1.82) is 0 Å². The Morgan fingerprint density at radius 2 is 1.97 bits per heavy atom. The van der Waals surface area contributed by atoms with E-state index < -0.39 is 18.1 Å². The second-order valence-electron chi connectivity index (χ2n) is 9.73. The summed E-state index contributed by atoms with van der Waals surface area (Å²) in [7, 11) is 3.79. The number of para-hydroxylation sites is 1. The highest BCUT2D eigenvalue weighted by atomic mass is 19.3. The number of amides is 1. The van der Waals surface area contributed by atoms with Gasteiger partial charge in [0.25, 0.3) is 5.91 Å². The lowest BCUT2D eigenvalue weighted by Gasteiger charge is -2.25. The number of imidazole rings is 1. The lowest BCUT2D eigenvalue weighted by Crippen LogP contribution is -2.30. The topological polar surface area (TPSA) is 110 Å². The van der Waals surface area contributed by atoms with Gasteiger partial charge in [0.2, 0.25) is 0 Å². The molecule has 1 aliphatic rings. The first kappa shape index (κ1) is 26.4. The van der Waals surface area contributed by atoms with Gasteiger partial charge >= 0.3 is 6.61 Å². The van der Waals surface area contributed by atoms with Gasteiger partial charge in [-0.1, -0.05) is 19.1 Å². The van der Waals surface area contributed by atoms with E-state index in [2.05, 4.69) is 10.3 Å². The van der Waals surface area contributed by atoms with Gasteiger partial charge in [-0.05, 0) is 63.3 Å². The van der Waals surface area contributed by atoms with Crippen molar-refractivity contribution < 1.29 is 28.2 Å². The van der Waals surface area contributed by atoms with Gasteiger partial charge in [0, 0.05) is 17.3 Å². The van der Waals surface area contributed by atoms with Crippen molar-refractivity contribution in [3.8, 4) is 22.6 Å². The Morgan fingerprint density at radius 1 is 1.21 bits per heavy atom. The number of nitrogens with zero attached hydrogens (tertiary/aromatic N) is 4. The van der Waals surface area contributed by atoms with E-state index in [1.165, 1.54) is 25.1 Å². The maximum absolute atomic E-state index is 13.4. The summed E-state index contributed by atoms with van der Waals surface area (Å²) in [5.74, 6) is -0.164. The highest BCUT2D eigenvalue weighted by Gasteiger charge is 2.42. The molecule has 11 heteroatoms. The number of nitrogens with one attached hydrogen (secondary N) is 1. The number of anilines is 1. The monoisotopic (exact) mass is 535 g/mol. The van der Waals surface area contributed by atoms with Crippen LogP contribution in [0.25, 0.3) is 27.8 Å². The van der Waals surface area contributed by atoms with E-state index in [9.17, 15) is 23.5 Å². The number of aliphatic hydroxyl groups is 1. The number of aromatic nitrogens is 3. The lowest BCUT2D eigenvalue weighted by molar-refractivity contribution is -0.132. The van der Waals surface area contributed by atoms with Crippen LogP contribution < -0.4 is 10.1 Å². The first-order valence-electron chi connectivity index (χ1n) is 12.3. The Morgan fingerprint density at radius 3 is 2.64 bits per heavy atom. The van der Waals surface area contributed by atoms with Crippen LogP contribution in [0.4, 0.5) is 14.5 Å². The van der Waals surface area contributed by atoms with Crippen molar-refractivity contribution in [2.24, 2.45) is 0 Å². The number of halogens is 2. The van der Waals surface area contributed by atoms with Crippen LogP contribution in [0.2, 0.25) is 0 Å². The number of hydrogen-bond acceptors (Lipinski definition) is 7. The molecular weight excluding hydrogens is 508 g/mol. The number of hydrogen-bond donors (Lipinski definition) is 2. The fourth-order valence-electron chi connectivity index (χ4n) is 5.03. The number of rotatable bonds is 8. The van der Waals surface area contributed by atoms with Crippen LogP contribution in [0.3, 0.4) is 0 Å². The molecule has 1 aliphatic heterocycles. The highest BCUT2D eigenvalue weighted by Crippen LogP contribution is 2.39. The van der Waals surface area contributed by atoms with Crippen molar-refractivity contribution in [3.63, 3.8) is 0 Å². The molecule has 0 aliphatic carbocycles. The number of carbonyl (C=O) groups excluding carboxylic acids is 2. The zero-order valence-corrected chi connectivity index (χ0v) is 21.8. The molecule has 5 rings (SSSR count). The third-order valence-corrected chi connectivity index (χ3v) is 6.96. The molecule has 2 aromatic carbocycles. The first-order chi connectivity index (χ1) is 18.6. The third-order valence-electron chi connectivity index (χ3n) is 6.96. The summed E-state index contributed by atoms with van der Waals surface area (Å²) in [6.45, 7) is 0.271. The summed E-state index contributed by atoms with van der Waals surface area (Å²) < 4.78 is 33.4. The molecule has 2 atom stereocenters. The van der Waals surface area contributed by atoms with Crippen molar-refractivity contribution in [2.75, 3.05) is 19.4 Å². The molecule has 202 valence electrons. The number of benzene rings is 2. The van der Waals surface area contributed by atoms with Gasteiger partial charge < -0.3 is 15.2 Å². The summed E-state index contributed by atoms with van der Waals surface area (Å²) in [5, 5.41) is 13.1. The highest BCUT2D eigenvalue weighted by molar-refractivity contribution is 6.04. The molecule has 0 saturated carbocycles. The summed E-state index contributed by atoms with van der Waals surface area (Å²) in [5.41, 5.74) is 1.72. The summed E-state index contributed by atoms with van der Waals surface area (Å²) in [4.78, 5) is 35.4. The first-order valence-corrected chi connectivity index (χ1v) is 12.3. The van der Waals surface area contributed by atoms with E-state index in [4.69, 9.17) is 9.72 Å². The van der Waals surface area contributed by atoms with Crippen LogP contribution in [0.1, 0.15) is 48.2 Å². The van der Waals surface area contributed by atoms with Crippen LogP contribution in [0, 0.1) is 0 Å². The van der Waals surface area contributed by atoms with Crippen LogP contribution in [0.15, 0.2) is 48.7 Å². The fourth-order valence-corrected chi connectivity index (χ4v) is 5.03. The minimum atomic E-state index is -3.10. The molecule has 2 aromatic heterocycles. The SMILES string of the molecule is CCC(c1nc2ccc(-c3cnc4c(c3)NC(=O)C4(C)O)cc2n1-c1c(C=O)cccc1OC(F)F)N(C)C. The van der Waals surface area contributed by atoms with E-state index in [0.717, 1.165) is 0 Å². The Labute approximate surface area is 223 Å². The Bertz CT molecular complexity index is 1600. The van der Waals surface area contributed by atoms with Gasteiger partial charge in [0.05, 0.1) is 22.8 Å². The standard InChI is InChI=1S/C28H27F2N5O4/c1-5-20(34(3)4)25-32-18-10-9-15(17-11-19-24(31-13-17)28(2,38)26(37)33-19)12-21(18)35(25)23-16(14-36)7-6-8-22(23)39-27(29)30/h6-14,20,27,38H,5H2,1-4H3,(H,33,37). The third kappa shape index (κ3) is 4.43. The number of pyridine rings is 1. The minimum absolute atomic E-state index is 0.154. The van der Waals surface area contributed by atoms with E-state index in [-0.39, 0.29) is 28.7 Å². The largest absolute Gasteiger partial charge is 0.433 e. The molecule has 9 nitrogen and oxygen atoms in total. The average Bonchev–Trinajstić information content (AvgIpc) is 3.36. The maximum Gasteiger partial charge on any atom is 0.387 e. The minimum Gasteiger partial charge on any atom is -0.433 e. The summed E-state index contributed by atoms with van der Waals surface area (Å²) >= 11 is 0. The summed E-state index contributed by atoms with van der Waals surface area (Å²) in [6.07, 6.45) is 2.81. The van der Waals surface area contributed by atoms with Gasteiger partial charge in [0.15, 0.2) is 17.6 Å².